The molecule has 0 saturated carbocycles. The van der Waals surface area contributed by atoms with E-state index in [1.54, 1.807) is 43.4 Å². The Kier molecular flexibility index (Phi) is 7.80. The molecule has 2 rings (SSSR count). The van der Waals surface area contributed by atoms with Gasteiger partial charge in [0.2, 0.25) is 11.8 Å². The van der Waals surface area contributed by atoms with Gasteiger partial charge in [-0.2, -0.15) is 0 Å². The van der Waals surface area contributed by atoms with E-state index in [0.717, 1.165) is 0 Å². The zero-order valence-electron chi connectivity index (χ0n) is 15.3. The number of anilines is 1. The third-order valence-corrected chi connectivity index (χ3v) is 4.37. The first kappa shape index (κ1) is 21.7. The average Bonchev–Trinajstić information content (AvgIpc) is 2.64. The Labute approximate surface area is 172 Å². The van der Waals surface area contributed by atoms with Crippen molar-refractivity contribution in [1.82, 2.24) is 10.2 Å². The van der Waals surface area contributed by atoms with Gasteiger partial charge < -0.3 is 10.1 Å². The molecule has 0 aliphatic heterocycles. The third kappa shape index (κ3) is 6.53. The fraction of sp³-hybridized carbons (Fsp3) is 0.211. The number of carbonyl (C=O) groups is 3. The van der Waals surface area contributed by atoms with E-state index in [0.29, 0.717) is 27.0 Å². The first-order valence-electron chi connectivity index (χ1n) is 8.20. The monoisotopic (exact) mass is 423 g/mol. The number of nitrogens with one attached hydrogen (secondary N) is 2. The van der Waals surface area contributed by atoms with Crippen molar-refractivity contribution in [2.24, 2.45) is 0 Å². The molecule has 28 heavy (non-hydrogen) atoms. The molecule has 2 N–H and O–H groups in total. The number of rotatable bonds is 7. The number of halogens is 2. The number of ether oxygens (including phenoxy) is 1. The molecule has 3 amide bonds. The van der Waals surface area contributed by atoms with Crippen molar-refractivity contribution in [2.45, 2.75) is 0 Å². The molecule has 0 atom stereocenters. The van der Waals surface area contributed by atoms with Gasteiger partial charge in [-0.1, -0.05) is 23.2 Å². The molecular weight excluding hydrogens is 405 g/mol. The average molecular weight is 424 g/mol. The number of carbonyl (C=O) groups excluding carboxylic acids is 3. The maximum absolute atomic E-state index is 12.1. The Morgan fingerprint density at radius 2 is 1.61 bits per heavy atom. The molecule has 0 fully saturated rings. The Bertz CT molecular complexity index is 872. The number of nitrogens with zero attached hydrogens (tertiary/aromatic N) is 1. The summed E-state index contributed by atoms with van der Waals surface area (Å²) in [6.45, 7) is -0.179. The zero-order valence-corrected chi connectivity index (χ0v) is 16.8. The molecule has 0 unspecified atom stereocenters. The number of benzene rings is 2. The van der Waals surface area contributed by atoms with Gasteiger partial charge in [0.15, 0.2) is 0 Å². The van der Waals surface area contributed by atoms with Crippen molar-refractivity contribution in [3.05, 3.63) is 58.1 Å². The van der Waals surface area contributed by atoms with Crippen LogP contribution in [0.4, 0.5) is 5.69 Å². The van der Waals surface area contributed by atoms with Crippen molar-refractivity contribution < 1.29 is 19.1 Å². The Morgan fingerprint density at radius 3 is 2.21 bits per heavy atom. The lowest BCUT2D eigenvalue weighted by Gasteiger charge is -2.16. The van der Waals surface area contributed by atoms with Gasteiger partial charge in [0.05, 0.1) is 30.2 Å². The van der Waals surface area contributed by atoms with Gasteiger partial charge in [-0.15, -0.1) is 0 Å². The van der Waals surface area contributed by atoms with E-state index in [9.17, 15) is 14.4 Å². The van der Waals surface area contributed by atoms with Crippen LogP contribution in [0.25, 0.3) is 0 Å². The van der Waals surface area contributed by atoms with E-state index in [-0.39, 0.29) is 19.0 Å². The quantitative estimate of drug-likeness (QED) is 0.714. The first-order valence-corrected chi connectivity index (χ1v) is 8.95. The molecule has 0 heterocycles. The molecule has 2 aromatic carbocycles. The van der Waals surface area contributed by atoms with E-state index in [1.807, 2.05) is 0 Å². The maximum Gasteiger partial charge on any atom is 0.257 e. The van der Waals surface area contributed by atoms with Crippen LogP contribution < -0.4 is 15.4 Å². The summed E-state index contributed by atoms with van der Waals surface area (Å²) in [5.41, 5.74) is 0.820. The summed E-state index contributed by atoms with van der Waals surface area (Å²) in [5.74, 6) is -0.780. The lowest BCUT2D eigenvalue weighted by molar-refractivity contribution is -0.122. The van der Waals surface area contributed by atoms with Gasteiger partial charge in [0.25, 0.3) is 5.91 Å². The number of imide groups is 1. The molecule has 0 saturated heterocycles. The predicted octanol–water partition coefficient (Wildman–Crippen LogP) is 2.83. The second-order valence-electron chi connectivity index (χ2n) is 5.96. The molecule has 0 aliphatic carbocycles. The zero-order chi connectivity index (χ0) is 20.7. The van der Waals surface area contributed by atoms with Gasteiger partial charge in [-0.25, -0.2) is 0 Å². The molecule has 9 heteroatoms. The van der Waals surface area contributed by atoms with Crippen molar-refractivity contribution in [2.75, 3.05) is 32.6 Å². The molecule has 0 aromatic heterocycles. The van der Waals surface area contributed by atoms with Gasteiger partial charge in [0, 0.05) is 11.3 Å². The first-order chi connectivity index (χ1) is 13.3. The van der Waals surface area contributed by atoms with E-state index < -0.39 is 11.8 Å². The van der Waals surface area contributed by atoms with Crippen LogP contribution >= 0.6 is 23.2 Å². The van der Waals surface area contributed by atoms with E-state index in [2.05, 4.69) is 10.6 Å². The van der Waals surface area contributed by atoms with Crippen LogP contribution in [0.5, 0.6) is 5.75 Å². The van der Waals surface area contributed by atoms with Gasteiger partial charge in [-0.05, 0) is 49.5 Å². The number of methoxy groups -OCH3 is 1. The highest BCUT2D eigenvalue weighted by Gasteiger charge is 2.15. The summed E-state index contributed by atoms with van der Waals surface area (Å²) in [7, 11) is 3.11. The largest absolute Gasteiger partial charge is 0.497 e. The minimum atomic E-state index is -0.527. The summed E-state index contributed by atoms with van der Waals surface area (Å²) < 4.78 is 5.02. The number of likely N-dealkylation sites (N-methyl/N-ethyl adjacent to an activating group) is 1. The Hall–Kier alpha value is -2.61. The number of amides is 3. The van der Waals surface area contributed by atoms with Crippen molar-refractivity contribution in [1.29, 1.82) is 0 Å². The predicted molar refractivity (Wildman–Crippen MR) is 108 cm³/mol. The molecule has 0 spiro atoms. The molecule has 148 valence electrons. The molecule has 0 bridgehead atoms. The summed E-state index contributed by atoms with van der Waals surface area (Å²) in [5, 5.41) is 5.64. The van der Waals surface area contributed by atoms with Gasteiger partial charge in [0.1, 0.15) is 5.75 Å². The summed E-state index contributed by atoms with van der Waals surface area (Å²) in [6, 6.07) is 11.1. The van der Waals surface area contributed by atoms with Crippen LogP contribution in [0.15, 0.2) is 42.5 Å². The highest BCUT2D eigenvalue weighted by Crippen LogP contribution is 2.24. The number of hydrogen-bond donors (Lipinski definition) is 2. The molecule has 7 nitrogen and oxygen atoms in total. The number of hydrogen-bond acceptors (Lipinski definition) is 5. The standard InChI is InChI=1S/C19H19Cl2N3O4/c1-24(10-17(25)22-13-5-8-15(20)16(21)9-13)11-18(26)23-19(27)12-3-6-14(28-2)7-4-12/h3-9H,10-11H2,1-2H3,(H,22,25)(H,23,26,27). The SMILES string of the molecule is COc1ccc(C(=O)NC(=O)CN(C)CC(=O)Nc2ccc(Cl)c(Cl)c2)cc1. The van der Waals surface area contributed by atoms with Crippen LogP contribution in [0.3, 0.4) is 0 Å². The second-order valence-corrected chi connectivity index (χ2v) is 6.77. The van der Waals surface area contributed by atoms with E-state index in [1.165, 1.54) is 18.1 Å². The van der Waals surface area contributed by atoms with Crippen LogP contribution in [0.1, 0.15) is 10.4 Å². The molecule has 0 radical (unpaired) electrons. The second kappa shape index (κ2) is 10.1. The lowest BCUT2D eigenvalue weighted by atomic mass is 10.2. The van der Waals surface area contributed by atoms with Crippen molar-refractivity contribution in [3.63, 3.8) is 0 Å². The van der Waals surface area contributed by atoms with E-state index in [4.69, 9.17) is 27.9 Å². The topological polar surface area (TPSA) is 87.7 Å². The maximum atomic E-state index is 12.1. The summed E-state index contributed by atoms with van der Waals surface area (Å²) >= 11 is 11.7. The molecule has 2 aromatic rings. The summed E-state index contributed by atoms with van der Waals surface area (Å²) in [4.78, 5) is 37.6. The molecular formula is C19H19Cl2N3O4. The minimum absolute atomic E-state index is 0.0512. The van der Waals surface area contributed by atoms with Crippen LogP contribution in [0, 0.1) is 0 Å². The normalized spacial score (nSPS) is 10.5. The van der Waals surface area contributed by atoms with Crippen LogP contribution in [-0.4, -0.2) is 49.9 Å². The van der Waals surface area contributed by atoms with Crippen molar-refractivity contribution >= 4 is 46.6 Å². The summed E-state index contributed by atoms with van der Waals surface area (Å²) in [6.07, 6.45) is 0. The lowest BCUT2D eigenvalue weighted by Crippen LogP contribution is -2.41. The Morgan fingerprint density at radius 1 is 0.964 bits per heavy atom. The van der Waals surface area contributed by atoms with E-state index >= 15 is 0 Å². The smallest absolute Gasteiger partial charge is 0.257 e. The third-order valence-electron chi connectivity index (χ3n) is 3.64. The van der Waals surface area contributed by atoms with Crippen LogP contribution in [0.2, 0.25) is 10.0 Å². The highest BCUT2D eigenvalue weighted by molar-refractivity contribution is 6.42. The van der Waals surface area contributed by atoms with Crippen LogP contribution in [-0.2, 0) is 9.59 Å². The van der Waals surface area contributed by atoms with Crippen molar-refractivity contribution in [3.8, 4) is 5.75 Å². The van der Waals surface area contributed by atoms with Gasteiger partial charge in [-0.3, -0.25) is 24.6 Å². The Balaban J connectivity index is 1.81. The fourth-order valence-corrected chi connectivity index (χ4v) is 2.60. The van der Waals surface area contributed by atoms with Gasteiger partial charge >= 0.3 is 0 Å². The minimum Gasteiger partial charge on any atom is -0.497 e. The molecule has 0 aliphatic rings. The fourth-order valence-electron chi connectivity index (χ4n) is 2.30. The highest BCUT2D eigenvalue weighted by atomic mass is 35.5.